The third kappa shape index (κ3) is 6.36. The Kier molecular flexibility index (Phi) is 8.48. The maximum atomic E-state index is 14.0. The molecule has 0 aliphatic carbocycles. The van der Waals surface area contributed by atoms with E-state index in [1.165, 1.54) is 21.0 Å². The first kappa shape index (κ1) is 27.0. The van der Waals surface area contributed by atoms with E-state index in [0.717, 1.165) is 10.4 Å². The molecule has 0 saturated carbocycles. The summed E-state index contributed by atoms with van der Waals surface area (Å²) >= 11 is 7.64. The summed E-state index contributed by atoms with van der Waals surface area (Å²) in [6, 6.07) is 26.1. The molecule has 2 heterocycles. The summed E-state index contributed by atoms with van der Waals surface area (Å²) in [7, 11) is 1.54. The summed E-state index contributed by atoms with van der Waals surface area (Å²) in [4.78, 5) is 31.4. The lowest BCUT2D eigenvalue weighted by Crippen LogP contribution is -2.45. The molecule has 1 atom stereocenters. The lowest BCUT2D eigenvalue weighted by Gasteiger charge is -2.31. The normalized spacial score (nSPS) is 11.6. The van der Waals surface area contributed by atoms with E-state index in [1.807, 2.05) is 47.8 Å². The van der Waals surface area contributed by atoms with Crippen LogP contribution in [0.2, 0.25) is 5.02 Å². The van der Waals surface area contributed by atoms with Crippen LogP contribution in [-0.4, -0.2) is 39.1 Å². The summed E-state index contributed by atoms with van der Waals surface area (Å²) in [5, 5.41) is 18.0. The van der Waals surface area contributed by atoms with E-state index in [0.29, 0.717) is 34.4 Å². The molecule has 0 unspecified atom stereocenters. The number of hydrogen-bond acceptors (Lipinski definition) is 7. The smallest absolute Gasteiger partial charge is 0.251 e. The SMILES string of the molecule is COc1cccc(N(C(=O)Cn2nnc(-c3cccs3)n2)[C@H](C(=O)NCc2ccccc2)c2ccc(Cl)cc2)c1. The molecule has 2 aromatic heterocycles. The van der Waals surface area contributed by atoms with Gasteiger partial charge in [0.25, 0.3) is 5.91 Å². The minimum atomic E-state index is -1.03. The Bertz CT molecular complexity index is 1580. The zero-order valence-corrected chi connectivity index (χ0v) is 23.0. The minimum absolute atomic E-state index is 0.244. The zero-order chi connectivity index (χ0) is 27.9. The molecular weight excluding hydrogens is 548 g/mol. The highest BCUT2D eigenvalue weighted by molar-refractivity contribution is 7.13. The highest BCUT2D eigenvalue weighted by Crippen LogP contribution is 2.31. The topological polar surface area (TPSA) is 102 Å². The van der Waals surface area contributed by atoms with Crippen molar-refractivity contribution in [3.8, 4) is 16.5 Å². The molecule has 11 heteroatoms. The monoisotopic (exact) mass is 572 g/mol. The van der Waals surface area contributed by atoms with Crippen molar-refractivity contribution in [2.24, 2.45) is 0 Å². The van der Waals surface area contributed by atoms with Crippen molar-refractivity contribution in [3.05, 3.63) is 113 Å². The van der Waals surface area contributed by atoms with Gasteiger partial charge in [0.2, 0.25) is 11.7 Å². The molecule has 5 aromatic rings. The molecule has 3 aromatic carbocycles. The van der Waals surface area contributed by atoms with Gasteiger partial charge in [-0.05, 0) is 52.1 Å². The van der Waals surface area contributed by atoms with Crippen LogP contribution in [0.1, 0.15) is 17.2 Å². The van der Waals surface area contributed by atoms with Crippen molar-refractivity contribution in [1.29, 1.82) is 0 Å². The van der Waals surface area contributed by atoms with Gasteiger partial charge in [0.05, 0.1) is 12.0 Å². The molecule has 40 heavy (non-hydrogen) atoms. The number of nitrogens with zero attached hydrogens (tertiary/aromatic N) is 5. The highest BCUT2D eigenvalue weighted by Gasteiger charge is 2.33. The number of amides is 2. The standard InChI is InChI=1S/C29H25ClN6O3S/c1-39-24-10-5-9-23(17-24)36(26(37)19-35-33-28(32-34-35)25-11-6-16-40-25)27(21-12-14-22(30)15-13-21)29(38)31-18-20-7-3-2-4-8-20/h2-17,27H,18-19H2,1H3,(H,31,38)/t27-/m0/s1. The summed E-state index contributed by atoms with van der Waals surface area (Å²) in [5.41, 5.74) is 1.98. The van der Waals surface area contributed by atoms with E-state index < -0.39 is 11.9 Å². The summed E-state index contributed by atoms with van der Waals surface area (Å²) in [5.74, 6) is 0.172. The van der Waals surface area contributed by atoms with Crippen molar-refractivity contribution in [2.45, 2.75) is 19.1 Å². The average molecular weight is 573 g/mol. The Balaban J connectivity index is 1.52. The van der Waals surface area contributed by atoms with Crippen LogP contribution in [0.4, 0.5) is 5.69 Å². The summed E-state index contributed by atoms with van der Waals surface area (Å²) in [6.07, 6.45) is 0. The van der Waals surface area contributed by atoms with Crippen LogP contribution in [0.25, 0.3) is 10.7 Å². The van der Waals surface area contributed by atoms with Crippen LogP contribution in [0.15, 0.2) is 96.4 Å². The molecule has 0 saturated heterocycles. The Labute approximate surface area is 240 Å². The van der Waals surface area contributed by atoms with E-state index in [-0.39, 0.29) is 12.5 Å². The van der Waals surface area contributed by atoms with E-state index >= 15 is 0 Å². The first-order valence-electron chi connectivity index (χ1n) is 12.4. The van der Waals surface area contributed by atoms with Gasteiger partial charge >= 0.3 is 0 Å². The second kappa shape index (κ2) is 12.5. The predicted molar refractivity (Wildman–Crippen MR) is 154 cm³/mol. The van der Waals surface area contributed by atoms with Crippen LogP contribution in [0.3, 0.4) is 0 Å². The van der Waals surface area contributed by atoms with Crippen LogP contribution < -0.4 is 15.0 Å². The molecule has 0 fully saturated rings. The van der Waals surface area contributed by atoms with Crippen LogP contribution >= 0.6 is 22.9 Å². The fraction of sp³-hybridized carbons (Fsp3) is 0.138. The van der Waals surface area contributed by atoms with E-state index in [4.69, 9.17) is 16.3 Å². The fourth-order valence-corrected chi connectivity index (χ4v) is 4.93. The molecule has 1 N–H and O–H groups in total. The van der Waals surface area contributed by atoms with Crippen molar-refractivity contribution in [2.75, 3.05) is 12.0 Å². The number of carbonyl (C=O) groups is 2. The highest BCUT2D eigenvalue weighted by atomic mass is 35.5. The van der Waals surface area contributed by atoms with Gasteiger partial charge in [0, 0.05) is 23.3 Å². The van der Waals surface area contributed by atoms with Gasteiger partial charge in [-0.1, -0.05) is 66.2 Å². The van der Waals surface area contributed by atoms with Gasteiger partial charge in [-0.3, -0.25) is 14.5 Å². The van der Waals surface area contributed by atoms with E-state index in [9.17, 15) is 9.59 Å². The number of carbonyl (C=O) groups excluding carboxylic acids is 2. The van der Waals surface area contributed by atoms with Gasteiger partial charge in [-0.15, -0.1) is 21.5 Å². The lowest BCUT2D eigenvalue weighted by molar-refractivity contribution is -0.127. The first-order valence-corrected chi connectivity index (χ1v) is 13.6. The number of hydrogen-bond donors (Lipinski definition) is 1. The molecule has 0 aliphatic heterocycles. The van der Waals surface area contributed by atoms with Crippen molar-refractivity contribution >= 4 is 40.4 Å². The number of tetrazole rings is 1. The minimum Gasteiger partial charge on any atom is -0.497 e. The number of methoxy groups -OCH3 is 1. The molecular formula is C29H25ClN6O3S. The fourth-order valence-electron chi connectivity index (χ4n) is 4.15. The third-order valence-electron chi connectivity index (χ3n) is 6.07. The van der Waals surface area contributed by atoms with Crippen LogP contribution in [-0.2, 0) is 22.7 Å². The number of ether oxygens (including phenoxy) is 1. The Morgan fingerprint density at radius 2 is 1.82 bits per heavy atom. The van der Waals surface area contributed by atoms with Gasteiger partial charge in [-0.25, -0.2) is 0 Å². The van der Waals surface area contributed by atoms with Crippen molar-refractivity contribution in [3.63, 3.8) is 0 Å². The Morgan fingerprint density at radius 1 is 1.02 bits per heavy atom. The van der Waals surface area contributed by atoms with Gasteiger partial charge < -0.3 is 10.1 Å². The van der Waals surface area contributed by atoms with E-state index in [1.54, 1.807) is 55.6 Å². The second-order valence-electron chi connectivity index (χ2n) is 8.74. The Morgan fingerprint density at radius 3 is 2.55 bits per heavy atom. The summed E-state index contributed by atoms with van der Waals surface area (Å²) < 4.78 is 5.42. The molecule has 0 radical (unpaired) electrons. The van der Waals surface area contributed by atoms with Gasteiger partial charge in [-0.2, -0.15) is 4.80 Å². The number of thiophene rings is 1. The van der Waals surface area contributed by atoms with Crippen molar-refractivity contribution in [1.82, 2.24) is 25.5 Å². The molecule has 0 bridgehead atoms. The largest absolute Gasteiger partial charge is 0.497 e. The first-order chi connectivity index (χ1) is 19.5. The molecule has 2 amide bonds. The number of halogens is 1. The van der Waals surface area contributed by atoms with E-state index in [2.05, 4.69) is 20.7 Å². The molecule has 0 spiro atoms. The molecule has 5 rings (SSSR count). The molecule has 202 valence electrons. The van der Waals surface area contributed by atoms with Gasteiger partial charge in [0.15, 0.2) is 0 Å². The van der Waals surface area contributed by atoms with Crippen LogP contribution in [0, 0.1) is 0 Å². The zero-order valence-electron chi connectivity index (χ0n) is 21.5. The molecule has 9 nitrogen and oxygen atoms in total. The number of aromatic nitrogens is 4. The number of rotatable bonds is 10. The quantitative estimate of drug-likeness (QED) is 0.248. The average Bonchev–Trinajstić information content (AvgIpc) is 3.68. The van der Waals surface area contributed by atoms with Gasteiger partial charge in [0.1, 0.15) is 18.3 Å². The van der Waals surface area contributed by atoms with Crippen LogP contribution in [0.5, 0.6) is 5.75 Å². The maximum Gasteiger partial charge on any atom is 0.251 e. The summed E-state index contributed by atoms with van der Waals surface area (Å²) in [6.45, 7) is 0.0460. The second-order valence-corrected chi connectivity index (χ2v) is 10.1. The maximum absolute atomic E-state index is 14.0. The number of anilines is 1. The number of benzene rings is 3. The Hall–Kier alpha value is -4.54. The molecule has 0 aliphatic rings. The third-order valence-corrected chi connectivity index (χ3v) is 7.19. The number of nitrogens with one attached hydrogen (secondary N) is 1. The van der Waals surface area contributed by atoms with Crippen molar-refractivity contribution < 1.29 is 14.3 Å². The predicted octanol–water partition coefficient (Wildman–Crippen LogP) is 5.15. The lowest BCUT2D eigenvalue weighted by atomic mass is 10.0.